The molecule has 3 aromatic rings. The van der Waals surface area contributed by atoms with E-state index in [0.717, 1.165) is 22.5 Å². The number of amides is 1. The number of fused-ring (bicyclic) bond motifs is 1. The van der Waals surface area contributed by atoms with Crippen LogP contribution in [0.2, 0.25) is 0 Å². The summed E-state index contributed by atoms with van der Waals surface area (Å²) in [6, 6.07) is 10.0. The lowest BCUT2D eigenvalue weighted by molar-refractivity contribution is -0.139. The Morgan fingerprint density at radius 3 is 2.76 bits per heavy atom. The smallest absolute Gasteiger partial charge is 0.326 e. The van der Waals surface area contributed by atoms with Crippen LogP contribution in [0.3, 0.4) is 0 Å². The van der Waals surface area contributed by atoms with E-state index in [1.165, 1.54) is 12.1 Å². The van der Waals surface area contributed by atoms with Gasteiger partial charge in [-0.25, -0.2) is 9.18 Å². The first kappa shape index (κ1) is 17.2. The van der Waals surface area contributed by atoms with Crippen molar-refractivity contribution in [3.63, 3.8) is 0 Å². The van der Waals surface area contributed by atoms with Gasteiger partial charge in [-0.3, -0.25) is 4.79 Å². The molecule has 7 heteroatoms. The Morgan fingerprint density at radius 2 is 2.00 bits per heavy atom. The van der Waals surface area contributed by atoms with Crippen molar-refractivity contribution in [2.45, 2.75) is 12.5 Å². The van der Waals surface area contributed by atoms with Gasteiger partial charge in [0.05, 0.1) is 5.56 Å². The molecule has 1 aromatic heterocycles. The Bertz CT molecular complexity index is 954. The Morgan fingerprint density at radius 1 is 1.24 bits per heavy atom. The van der Waals surface area contributed by atoms with Crippen LogP contribution in [0.15, 0.2) is 53.1 Å². The maximum Gasteiger partial charge on any atom is 0.326 e. The van der Waals surface area contributed by atoms with Crippen LogP contribution >= 0.6 is 15.9 Å². The lowest BCUT2D eigenvalue weighted by Crippen LogP contribution is -2.42. The number of aromatic nitrogens is 1. The number of hydrogen-bond donors (Lipinski definition) is 3. The molecule has 3 rings (SSSR count). The fourth-order valence-electron chi connectivity index (χ4n) is 2.63. The molecule has 3 N–H and O–H groups in total. The zero-order valence-electron chi connectivity index (χ0n) is 12.9. The zero-order chi connectivity index (χ0) is 18.0. The fourth-order valence-corrected chi connectivity index (χ4v) is 3.05. The average Bonchev–Trinajstić information content (AvgIpc) is 2.99. The van der Waals surface area contributed by atoms with E-state index in [0.29, 0.717) is 4.47 Å². The molecule has 0 radical (unpaired) electrons. The monoisotopic (exact) mass is 404 g/mol. The summed E-state index contributed by atoms with van der Waals surface area (Å²) in [4.78, 5) is 27.0. The van der Waals surface area contributed by atoms with E-state index in [9.17, 15) is 19.1 Å². The summed E-state index contributed by atoms with van der Waals surface area (Å²) in [6.07, 6.45) is 1.84. The van der Waals surface area contributed by atoms with E-state index in [1.54, 1.807) is 6.20 Å². The number of carboxylic acids is 1. The van der Waals surface area contributed by atoms with Crippen LogP contribution in [0.5, 0.6) is 0 Å². The minimum atomic E-state index is -1.16. The van der Waals surface area contributed by atoms with Crippen LogP contribution in [-0.4, -0.2) is 28.0 Å². The number of para-hydroxylation sites is 1. The summed E-state index contributed by atoms with van der Waals surface area (Å²) in [5.41, 5.74) is 1.72. The van der Waals surface area contributed by atoms with Crippen molar-refractivity contribution in [3.8, 4) is 0 Å². The number of rotatable bonds is 5. The maximum absolute atomic E-state index is 13.4. The van der Waals surface area contributed by atoms with Crippen molar-refractivity contribution in [1.29, 1.82) is 0 Å². The van der Waals surface area contributed by atoms with Crippen LogP contribution in [0, 0.1) is 5.82 Å². The number of halogens is 2. The summed E-state index contributed by atoms with van der Waals surface area (Å²) in [7, 11) is 0. The minimum Gasteiger partial charge on any atom is -0.480 e. The summed E-state index contributed by atoms with van der Waals surface area (Å²) in [5.74, 6) is -2.39. The van der Waals surface area contributed by atoms with E-state index < -0.39 is 23.7 Å². The number of carbonyl (C=O) groups excluding carboxylic acids is 1. The lowest BCUT2D eigenvalue weighted by atomic mass is 10.0. The zero-order valence-corrected chi connectivity index (χ0v) is 14.5. The first-order valence-electron chi connectivity index (χ1n) is 7.49. The summed E-state index contributed by atoms with van der Waals surface area (Å²) < 4.78 is 13.8. The molecule has 0 aliphatic rings. The number of H-pyrrole nitrogens is 1. The highest BCUT2D eigenvalue weighted by molar-refractivity contribution is 9.10. The quantitative estimate of drug-likeness (QED) is 0.608. The van der Waals surface area contributed by atoms with Crippen molar-refractivity contribution < 1.29 is 19.1 Å². The minimum absolute atomic E-state index is 0.0465. The Kier molecular flexibility index (Phi) is 4.85. The van der Waals surface area contributed by atoms with E-state index >= 15 is 0 Å². The van der Waals surface area contributed by atoms with Gasteiger partial charge in [0, 0.05) is 28.0 Å². The Balaban J connectivity index is 1.83. The molecule has 25 heavy (non-hydrogen) atoms. The number of carboxylic acid groups (broad SMARTS) is 1. The highest BCUT2D eigenvalue weighted by atomic mass is 79.9. The number of carbonyl (C=O) groups is 2. The molecule has 1 heterocycles. The molecule has 0 saturated heterocycles. The molecule has 0 bridgehead atoms. The summed E-state index contributed by atoms with van der Waals surface area (Å²) >= 11 is 3.17. The molecule has 0 spiro atoms. The molecule has 1 unspecified atom stereocenters. The first-order valence-corrected chi connectivity index (χ1v) is 8.28. The van der Waals surface area contributed by atoms with Gasteiger partial charge in [0.15, 0.2) is 0 Å². The molecule has 1 amide bonds. The van der Waals surface area contributed by atoms with Gasteiger partial charge in [0.2, 0.25) is 0 Å². The van der Waals surface area contributed by atoms with Gasteiger partial charge >= 0.3 is 5.97 Å². The van der Waals surface area contributed by atoms with E-state index in [-0.39, 0.29) is 12.0 Å². The van der Waals surface area contributed by atoms with Crippen LogP contribution in [0.4, 0.5) is 4.39 Å². The second-order valence-corrected chi connectivity index (χ2v) is 6.41. The number of aromatic amines is 1. The van der Waals surface area contributed by atoms with Crippen molar-refractivity contribution >= 4 is 38.7 Å². The lowest BCUT2D eigenvalue weighted by Gasteiger charge is -2.15. The largest absolute Gasteiger partial charge is 0.480 e. The van der Waals surface area contributed by atoms with E-state index in [1.807, 2.05) is 24.3 Å². The molecule has 2 aromatic carbocycles. The third kappa shape index (κ3) is 3.71. The number of hydrogen-bond acceptors (Lipinski definition) is 2. The van der Waals surface area contributed by atoms with Gasteiger partial charge in [-0.2, -0.15) is 0 Å². The van der Waals surface area contributed by atoms with Crippen molar-refractivity contribution in [2.75, 3.05) is 0 Å². The highest BCUT2D eigenvalue weighted by Crippen LogP contribution is 2.21. The molecular formula is C18H14BrFN2O3. The Hall–Kier alpha value is -2.67. The molecule has 1 atom stereocenters. The molecular weight excluding hydrogens is 391 g/mol. The first-order chi connectivity index (χ1) is 12.0. The van der Waals surface area contributed by atoms with Crippen LogP contribution in [-0.2, 0) is 11.2 Å². The predicted octanol–water partition coefficient (Wildman–Crippen LogP) is 3.50. The van der Waals surface area contributed by atoms with Crippen LogP contribution in [0.25, 0.3) is 10.9 Å². The molecule has 128 valence electrons. The molecule has 0 saturated carbocycles. The predicted molar refractivity (Wildman–Crippen MR) is 95.0 cm³/mol. The number of nitrogens with one attached hydrogen (secondary N) is 2. The van der Waals surface area contributed by atoms with Gasteiger partial charge in [0.25, 0.3) is 5.91 Å². The SMILES string of the molecule is O=C(NC(Cc1c[nH]c2ccccc12)C(=O)O)c1cc(F)ccc1Br. The van der Waals surface area contributed by atoms with Crippen molar-refractivity contribution in [2.24, 2.45) is 0 Å². The molecule has 5 nitrogen and oxygen atoms in total. The normalized spacial score (nSPS) is 12.1. The average molecular weight is 405 g/mol. The van der Waals surface area contributed by atoms with Crippen LogP contribution in [0.1, 0.15) is 15.9 Å². The molecule has 0 aliphatic heterocycles. The maximum atomic E-state index is 13.4. The van der Waals surface area contributed by atoms with E-state index in [2.05, 4.69) is 26.2 Å². The third-order valence-corrected chi connectivity index (χ3v) is 4.57. The molecule has 0 fully saturated rings. The Labute approximate surface area is 151 Å². The number of aliphatic carboxylic acids is 1. The third-order valence-electron chi connectivity index (χ3n) is 3.88. The number of benzene rings is 2. The van der Waals surface area contributed by atoms with Crippen LogP contribution < -0.4 is 5.32 Å². The van der Waals surface area contributed by atoms with Gasteiger partial charge in [-0.1, -0.05) is 18.2 Å². The second-order valence-electron chi connectivity index (χ2n) is 5.55. The molecule has 0 aliphatic carbocycles. The van der Waals surface area contributed by atoms with Gasteiger partial charge in [0.1, 0.15) is 11.9 Å². The van der Waals surface area contributed by atoms with Gasteiger partial charge in [-0.15, -0.1) is 0 Å². The topological polar surface area (TPSA) is 82.2 Å². The highest BCUT2D eigenvalue weighted by Gasteiger charge is 2.23. The van der Waals surface area contributed by atoms with Crippen molar-refractivity contribution in [1.82, 2.24) is 10.3 Å². The van der Waals surface area contributed by atoms with Crippen molar-refractivity contribution in [3.05, 3.63) is 70.1 Å². The summed E-state index contributed by atoms with van der Waals surface area (Å²) in [5, 5.41) is 12.8. The second kappa shape index (κ2) is 7.06. The van der Waals surface area contributed by atoms with E-state index in [4.69, 9.17) is 0 Å². The summed E-state index contributed by atoms with van der Waals surface area (Å²) in [6.45, 7) is 0. The fraction of sp³-hybridized carbons (Fsp3) is 0.111. The standard InChI is InChI=1S/C18H14BrFN2O3/c19-14-6-5-11(20)8-13(14)17(23)22-16(18(24)25)7-10-9-21-15-4-2-1-3-12(10)15/h1-6,8-9,16,21H,7H2,(H,22,23)(H,24,25). The van der Waals surface area contributed by atoms with Gasteiger partial charge in [-0.05, 0) is 45.8 Å². The van der Waals surface area contributed by atoms with Gasteiger partial charge < -0.3 is 15.4 Å².